The van der Waals surface area contributed by atoms with E-state index in [-0.39, 0.29) is 6.10 Å². The molecular formula is C13H12N2O. The Kier molecular flexibility index (Phi) is 2.74. The monoisotopic (exact) mass is 212 g/mol. The molecule has 3 nitrogen and oxygen atoms in total. The first-order valence-corrected chi connectivity index (χ1v) is 5.17. The predicted octanol–water partition coefficient (Wildman–Crippen LogP) is 2.89. The molecule has 16 heavy (non-hydrogen) atoms. The summed E-state index contributed by atoms with van der Waals surface area (Å²) in [5.41, 5.74) is 1.16. The fourth-order valence-corrected chi connectivity index (χ4v) is 1.53. The van der Waals surface area contributed by atoms with Gasteiger partial charge in [-0.15, -0.1) is 0 Å². The summed E-state index contributed by atoms with van der Waals surface area (Å²) < 4.78 is 5.66. The molecule has 80 valence electrons. The van der Waals surface area contributed by atoms with Crippen LogP contribution in [0, 0.1) is 11.3 Å². The SMILES string of the molecule is CC(C)Oc1cccc2ccc(C#N)nc12. The molecule has 0 unspecified atom stereocenters. The zero-order valence-electron chi connectivity index (χ0n) is 9.27. The normalized spacial score (nSPS) is 10.4. The van der Waals surface area contributed by atoms with Gasteiger partial charge in [-0.2, -0.15) is 5.26 Å². The summed E-state index contributed by atoms with van der Waals surface area (Å²) in [5, 5.41) is 9.80. The van der Waals surface area contributed by atoms with Crippen LogP contribution in [0.15, 0.2) is 30.3 Å². The Morgan fingerprint density at radius 1 is 1.25 bits per heavy atom. The van der Waals surface area contributed by atoms with Gasteiger partial charge in [0.25, 0.3) is 0 Å². The van der Waals surface area contributed by atoms with E-state index in [2.05, 4.69) is 4.98 Å². The number of pyridine rings is 1. The largest absolute Gasteiger partial charge is 0.489 e. The molecule has 3 heteroatoms. The first kappa shape index (κ1) is 10.4. The van der Waals surface area contributed by atoms with Crippen LogP contribution in [0.3, 0.4) is 0 Å². The summed E-state index contributed by atoms with van der Waals surface area (Å²) in [5.74, 6) is 0.726. The van der Waals surface area contributed by atoms with Crippen LogP contribution in [0.25, 0.3) is 10.9 Å². The molecule has 1 aromatic heterocycles. The van der Waals surface area contributed by atoms with Gasteiger partial charge in [0, 0.05) is 5.39 Å². The molecule has 1 aromatic carbocycles. The molecule has 0 amide bonds. The third-order valence-corrected chi connectivity index (χ3v) is 2.16. The average Bonchev–Trinajstić information content (AvgIpc) is 2.28. The lowest BCUT2D eigenvalue weighted by Crippen LogP contribution is -2.06. The second-order valence-electron chi connectivity index (χ2n) is 3.80. The van der Waals surface area contributed by atoms with Crippen LogP contribution in [0.2, 0.25) is 0 Å². The van der Waals surface area contributed by atoms with Crippen molar-refractivity contribution in [2.75, 3.05) is 0 Å². The lowest BCUT2D eigenvalue weighted by Gasteiger charge is -2.11. The number of para-hydroxylation sites is 1. The Hall–Kier alpha value is -2.08. The quantitative estimate of drug-likeness (QED) is 0.768. The maximum atomic E-state index is 8.82. The predicted molar refractivity (Wildman–Crippen MR) is 62.2 cm³/mol. The summed E-state index contributed by atoms with van der Waals surface area (Å²) in [6.45, 7) is 3.93. The van der Waals surface area contributed by atoms with E-state index >= 15 is 0 Å². The van der Waals surface area contributed by atoms with Crippen molar-refractivity contribution in [2.24, 2.45) is 0 Å². The van der Waals surface area contributed by atoms with Gasteiger partial charge in [-0.05, 0) is 32.0 Å². The molecule has 0 saturated heterocycles. The first-order valence-electron chi connectivity index (χ1n) is 5.17. The van der Waals surface area contributed by atoms with Crippen LogP contribution in [0.1, 0.15) is 19.5 Å². The maximum absolute atomic E-state index is 8.82. The number of nitrogens with zero attached hydrogens (tertiary/aromatic N) is 2. The number of hydrogen-bond donors (Lipinski definition) is 0. The molecule has 0 saturated carbocycles. The maximum Gasteiger partial charge on any atom is 0.145 e. The Balaban J connectivity index is 2.60. The Labute approximate surface area is 94.3 Å². The highest BCUT2D eigenvalue weighted by atomic mass is 16.5. The lowest BCUT2D eigenvalue weighted by molar-refractivity contribution is 0.245. The molecule has 1 heterocycles. The van der Waals surface area contributed by atoms with Crippen molar-refractivity contribution in [1.29, 1.82) is 5.26 Å². The van der Waals surface area contributed by atoms with Crippen LogP contribution < -0.4 is 4.74 Å². The molecule has 0 radical (unpaired) electrons. The number of rotatable bonds is 2. The van der Waals surface area contributed by atoms with Crippen molar-refractivity contribution in [3.63, 3.8) is 0 Å². The molecule has 0 aliphatic rings. The highest BCUT2D eigenvalue weighted by Crippen LogP contribution is 2.24. The van der Waals surface area contributed by atoms with Crippen molar-refractivity contribution in [3.8, 4) is 11.8 Å². The van der Waals surface area contributed by atoms with Crippen molar-refractivity contribution >= 4 is 10.9 Å². The summed E-state index contributed by atoms with van der Waals surface area (Å²) in [4.78, 5) is 4.26. The van der Waals surface area contributed by atoms with Gasteiger partial charge < -0.3 is 4.74 Å². The van der Waals surface area contributed by atoms with E-state index in [0.717, 1.165) is 16.7 Å². The molecule has 0 spiro atoms. The van der Waals surface area contributed by atoms with E-state index in [1.807, 2.05) is 44.2 Å². The van der Waals surface area contributed by atoms with E-state index < -0.39 is 0 Å². The van der Waals surface area contributed by atoms with Crippen molar-refractivity contribution in [2.45, 2.75) is 20.0 Å². The standard InChI is InChI=1S/C13H12N2O/c1-9(2)16-12-5-3-4-10-6-7-11(8-14)15-13(10)12/h3-7,9H,1-2H3. The zero-order chi connectivity index (χ0) is 11.5. The molecule has 0 N–H and O–H groups in total. The minimum Gasteiger partial charge on any atom is -0.489 e. The second-order valence-corrected chi connectivity index (χ2v) is 3.80. The highest BCUT2D eigenvalue weighted by molar-refractivity contribution is 5.84. The third kappa shape index (κ3) is 1.96. The van der Waals surface area contributed by atoms with Crippen LogP contribution >= 0.6 is 0 Å². The Morgan fingerprint density at radius 3 is 2.75 bits per heavy atom. The summed E-state index contributed by atoms with van der Waals surface area (Å²) >= 11 is 0. The minimum absolute atomic E-state index is 0.0955. The van der Waals surface area contributed by atoms with Gasteiger partial charge in [0.2, 0.25) is 0 Å². The molecule has 0 fully saturated rings. The molecule has 0 aliphatic heterocycles. The van der Waals surface area contributed by atoms with Crippen molar-refractivity contribution in [1.82, 2.24) is 4.98 Å². The fraction of sp³-hybridized carbons (Fsp3) is 0.231. The number of nitriles is 1. The van der Waals surface area contributed by atoms with E-state index in [4.69, 9.17) is 10.00 Å². The Bertz CT molecular complexity index is 555. The lowest BCUT2D eigenvalue weighted by atomic mass is 10.2. The van der Waals surface area contributed by atoms with Crippen LogP contribution in [-0.2, 0) is 0 Å². The van der Waals surface area contributed by atoms with Gasteiger partial charge in [-0.3, -0.25) is 0 Å². The molecule has 2 aromatic rings. The van der Waals surface area contributed by atoms with Gasteiger partial charge in [-0.25, -0.2) is 4.98 Å². The summed E-state index contributed by atoms with van der Waals surface area (Å²) in [6.07, 6.45) is 0.0955. The molecule has 0 bridgehead atoms. The fourth-order valence-electron chi connectivity index (χ4n) is 1.53. The first-order chi connectivity index (χ1) is 7.70. The van der Waals surface area contributed by atoms with Crippen LogP contribution in [0.5, 0.6) is 5.75 Å². The third-order valence-electron chi connectivity index (χ3n) is 2.16. The molecule has 2 rings (SSSR count). The minimum atomic E-state index is 0.0955. The molecule has 0 aliphatic carbocycles. The van der Waals surface area contributed by atoms with Crippen molar-refractivity contribution < 1.29 is 4.74 Å². The van der Waals surface area contributed by atoms with Gasteiger partial charge in [0.15, 0.2) is 0 Å². The van der Waals surface area contributed by atoms with Crippen LogP contribution in [0.4, 0.5) is 0 Å². The molecular weight excluding hydrogens is 200 g/mol. The topological polar surface area (TPSA) is 45.9 Å². The number of fused-ring (bicyclic) bond motifs is 1. The van der Waals surface area contributed by atoms with Gasteiger partial charge >= 0.3 is 0 Å². The number of aromatic nitrogens is 1. The van der Waals surface area contributed by atoms with Gasteiger partial charge in [0.05, 0.1) is 6.10 Å². The zero-order valence-corrected chi connectivity index (χ0v) is 9.27. The van der Waals surface area contributed by atoms with Gasteiger partial charge in [-0.1, -0.05) is 12.1 Å². The van der Waals surface area contributed by atoms with E-state index in [0.29, 0.717) is 5.69 Å². The van der Waals surface area contributed by atoms with Crippen LogP contribution in [-0.4, -0.2) is 11.1 Å². The molecule has 0 atom stereocenters. The second kappa shape index (κ2) is 4.19. The van der Waals surface area contributed by atoms with E-state index in [1.54, 1.807) is 6.07 Å². The highest BCUT2D eigenvalue weighted by Gasteiger charge is 2.06. The van der Waals surface area contributed by atoms with E-state index in [9.17, 15) is 0 Å². The summed E-state index contributed by atoms with van der Waals surface area (Å²) in [6, 6.07) is 11.4. The van der Waals surface area contributed by atoms with Crippen molar-refractivity contribution in [3.05, 3.63) is 36.0 Å². The Morgan fingerprint density at radius 2 is 2.06 bits per heavy atom. The van der Waals surface area contributed by atoms with E-state index in [1.165, 1.54) is 0 Å². The number of benzene rings is 1. The van der Waals surface area contributed by atoms with Gasteiger partial charge in [0.1, 0.15) is 23.0 Å². The smallest absolute Gasteiger partial charge is 0.145 e. The average molecular weight is 212 g/mol. The number of ether oxygens (including phenoxy) is 1. The summed E-state index contributed by atoms with van der Waals surface area (Å²) in [7, 11) is 0. The number of hydrogen-bond acceptors (Lipinski definition) is 3.